The highest BCUT2D eigenvalue weighted by Crippen LogP contribution is 2.36. The van der Waals surface area contributed by atoms with Gasteiger partial charge in [-0.25, -0.2) is 4.98 Å². The number of nitrogens with zero attached hydrogens (tertiary/aromatic N) is 2. The van der Waals surface area contributed by atoms with Crippen molar-refractivity contribution in [3.05, 3.63) is 46.4 Å². The summed E-state index contributed by atoms with van der Waals surface area (Å²) in [6.45, 7) is 2.36. The van der Waals surface area contributed by atoms with Crippen LogP contribution in [0.2, 0.25) is 0 Å². The third-order valence-electron chi connectivity index (χ3n) is 3.43. The SMILES string of the molecule is CCOc1c(Br)cc(C=NNS(=O)(=O)c2nc3ccccc3s2)cc1OC. The topological polar surface area (TPSA) is 89.9 Å². The Labute approximate surface area is 169 Å². The molecule has 0 radical (unpaired) electrons. The minimum absolute atomic E-state index is 0.0358. The van der Waals surface area contributed by atoms with E-state index >= 15 is 0 Å². The number of ether oxygens (including phenoxy) is 2. The van der Waals surface area contributed by atoms with Crippen molar-refractivity contribution in [1.82, 2.24) is 9.82 Å². The summed E-state index contributed by atoms with van der Waals surface area (Å²) in [4.78, 5) is 6.32. The maximum Gasteiger partial charge on any atom is 0.303 e. The highest BCUT2D eigenvalue weighted by molar-refractivity contribution is 9.10. The monoisotopic (exact) mass is 469 g/mol. The number of benzene rings is 2. The highest BCUT2D eigenvalue weighted by atomic mass is 79.9. The molecule has 2 aromatic carbocycles. The molecule has 7 nitrogen and oxygen atoms in total. The van der Waals surface area contributed by atoms with Crippen molar-refractivity contribution in [1.29, 1.82) is 0 Å². The average molecular weight is 470 g/mol. The summed E-state index contributed by atoms with van der Waals surface area (Å²) in [5.41, 5.74) is 1.27. The second-order valence-electron chi connectivity index (χ2n) is 5.27. The van der Waals surface area contributed by atoms with Crippen LogP contribution in [0, 0.1) is 0 Å². The lowest BCUT2D eigenvalue weighted by atomic mass is 10.2. The first kappa shape index (κ1) is 19.6. The van der Waals surface area contributed by atoms with Crippen molar-refractivity contribution in [3.63, 3.8) is 0 Å². The van der Waals surface area contributed by atoms with Crippen LogP contribution >= 0.6 is 27.3 Å². The Hall–Kier alpha value is -2.17. The van der Waals surface area contributed by atoms with E-state index in [2.05, 4.69) is 30.8 Å². The highest BCUT2D eigenvalue weighted by Gasteiger charge is 2.18. The van der Waals surface area contributed by atoms with E-state index in [1.165, 1.54) is 13.3 Å². The molecule has 0 fully saturated rings. The first-order chi connectivity index (χ1) is 12.9. The number of methoxy groups -OCH3 is 1. The third kappa shape index (κ3) is 4.40. The van der Waals surface area contributed by atoms with E-state index in [9.17, 15) is 8.42 Å². The van der Waals surface area contributed by atoms with Gasteiger partial charge in [-0.3, -0.25) is 0 Å². The number of rotatable bonds is 7. The van der Waals surface area contributed by atoms with Crippen molar-refractivity contribution < 1.29 is 17.9 Å². The van der Waals surface area contributed by atoms with Crippen LogP contribution in [-0.4, -0.2) is 33.3 Å². The molecule has 1 N–H and O–H groups in total. The van der Waals surface area contributed by atoms with E-state index in [1.54, 1.807) is 24.3 Å². The van der Waals surface area contributed by atoms with Gasteiger partial charge in [-0.2, -0.15) is 18.4 Å². The van der Waals surface area contributed by atoms with Gasteiger partial charge in [0.2, 0.25) is 4.34 Å². The van der Waals surface area contributed by atoms with Gasteiger partial charge in [0.15, 0.2) is 11.5 Å². The predicted molar refractivity (Wildman–Crippen MR) is 109 cm³/mol. The number of fused-ring (bicyclic) bond motifs is 1. The summed E-state index contributed by atoms with van der Waals surface area (Å²) in [6.07, 6.45) is 1.38. The summed E-state index contributed by atoms with van der Waals surface area (Å²) in [5.74, 6) is 1.09. The number of aromatic nitrogens is 1. The van der Waals surface area contributed by atoms with Crippen molar-refractivity contribution in [2.75, 3.05) is 13.7 Å². The minimum atomic E-state index is -3.84. The van der Waals surface area contributed by atoms with Crippen LogP contribution < -0.4 is 14.3 Å². The number of nitrogens with one attached hydrogen (secondary N) is 1. The molecule has 1 heterocycles. The Balaban J connectivity index is 1.81. The van der Waals surface area contributed by atoms with Gasteiger partial charge in [0.1, 0.15) is 0 Å². The van der Waals surface area contributed by atoms with Gasteiger partial charge in [0.05, 0.1) is 34.6 Å². The summed E-state index contributed by atoms with van der Waals surface area (Å²) < 4.78 is 37.0. The number of para-hydroxylation sites is 1. The van der Waals surface area contributed by atoms with Gasteiger partial charge in [0.25, 0.3) is 0 Å². The van der Waals surface area contributed by atoms with E-state index in [1.807, 2.05) is 19.1 Å². The normalized spacial score (nSPS) is 11.8. The Bertz CT molecular complexity index is 1060. The standard InChI is InChI=1S/C17H16BrN3O4S2/c1-3-25-16-12(18)8-11(9-14(16)24-2)10-19-21-27(22,23)17-20-13-6-4-5-7-15(13)26-17/h4-10,21H,3H2,1-2H3. The van der Waals surface area contributed by atoms with Crippen LogP contribution in [0.5, 0.6) is 11.5 Å². The van der Waals surface area contributed by atoms with Crippen molar-refractivity contribution >= 4 is 53.7 Å². The molecule has 0 saturated carbocycles. The summed E-state index contributed by atoms with van der Waals surface area (Å²) in [6, 6.07) is 10.7. The number of thiazole rings is 1. The minimum Gasteiger partial charge on any atom is -0.493 e. The maximum absolute atomic E-state index is 12.4. The molecule has 0 atom stereocenters. The second-order valence-corrected chi connectivity index (χ2v) is 8.99. The molecule has 142 valence electrons. The number of hydrazone groups is 1. The van der Waals surface area contributed by atoms with Gasteiger partial charge < -0.3 is 9.47 Å². The molecular formula is C17H16BrN3O4S2. The van der Waals surface area contributed by atoms with Crippen LogP contribution in [0.25, 0.3) is 10.2 Å². The van der Waals surface area contributed by atoms with Gasteiger partial charge >= 0.3 is 10.0 Å². The van der Waals surface area contributed by atoms with E-state index in [0.717, 1.165) is 16.0 Å². The Morgan fingerprint density at radius 1 is 1.33 bits per heavy atom. The fourth-order valence-electron chi connectivity index (χ4n) is 2.27. The van der Waals surface area contributed by atoms with Gasteiger partial charge in [-0.15, -0.1) is 11.3 Å². The van der Waals surface area contributed by atoms with Crippen LogP contribution in [-0.2, 0) is 10.0 Å². The molecule has 27 heavy (non-hydrogen) atoms. The van der Waals surface area contributed by atoms with Crippen molar-refractivity contribution in [2.45, 2.75) is 11.3 Å². The van der Waals surface area contributed by atoms with Crippen LogP contribution in [0.4, 0.5) is 0 Å². The summed E-state index contributed by atoms with van der Waals surface area (Å²) in [5, 5.41) is 3.84. The number of halogens is 1. The maximum atomic E-state index is 12.4. The molecular weight excluding hydrogens is 454 g/mol. The molecule has 1 aromatic heterocycles. The number of sulfonamides is 1. The molecule has 0 unspecified atom stereocenters. The second kappa shape index (κ2) is 8.24. The van der Waals surface area contributed by atoms with Gasteiger partial charge in [-0.05, 0) is 52.7 Å². The predicted octanol–water partition coefficient (Wildman–Crippen LogP) is 3.78. The van der Waals surface area contributed by atoms with E-state index in [0.29, 0.717) is 33.7 Å². The smallest absolute Gasteiger partial charge is 0.303 e. The Morgan fingerprint density at radius 2 is 2.11 bits per heavy atom. The largest absolute Gasteiger partial charge is 0.493 e. The molecule has 0 bridgehead atoms. The molecule has 0 amide bonds. The van der Waals surface area contributed by atoms with Crippen molar-refractivity contribution in [2.24, 2.45) is 5.10 Å². The van der Waals surface area contributed by atoms with Gasteiger partial charge in [0, 0.05) is 0 Å². The van der Waals surface area contributed by atoms with Gasteiger partial charge in [-0.1, -0.05) is 12.1 Å². The Morgan fingerprint density at radius 3 is 2.81 bits per heavy atom. The third-order valence-corrected chi connectivity index (χ3v) is 6.66. The first-order valence-corrected chi connectivity index (χ1v) is 10.9. The average Bonchev–Trinajstić information content (AvgIpc) is 3.09. The summed E-state index contributed by atoms with van der Waals surface area (Å²) >= 11 is 4.50. The zero-order valence-corrected chi connectivity index (χ0v) is 17.7. The molecule has 10 heteroatoms. The van der Waals surface area contributed by atoms with Crippen molar-refractivity contribution in [3.8, 4) is 11.5 Å². The lowest BCUT2D eigenvalue weighted by molar-refractivity contribution is 0.309. The molecule has 0 spiro atoms. The number of hydrogen-bond donors (Lipinski definition) is 1. The Kier molecular flexibility index (Phi) is 5.98. The molecule has 0 saturated heterocycles. The fourth-order valence-corrected chi connectivity index (χ4v) is 4.85. The van der Waals surface area contributed by atoms with E-state index in [-0.39, 0.29) is 4.34 Å². The van der Waals surface area contributed by atoms with Crippen LogP contribution in [0.3, 0.4) is 0 Å². The first-order valence-electron chi connectivity index (χ1n) is 7.85. The fraction of sp³-hybridized carbons (Fsp3) is 0.176. The number of hydrogen-bond acceptors (Lipinski definition) is 7. The van der Waals surface area contributed by atoms with Crippen LogP contribution in [0.1, 0.15) is 12.5 Å². The summed E-state index contributed by atoms with van der Waals surface area (Å²) in [7, 11) is -2.31. The molecule has 3 aromatic rings. The molecule has 0 aliphatic heterocycles. The quantitative estimate of drug-likeness (QED) is 0.419. The lowest BCUT2D eigenvalue weighted by Crippen LogP contribution is -2.18. The van der Waals surface area contributed by atoms with E-state index < -0.39 is 10.0 Å². The van der Waals surface area contributed by atoms with Crippen LogP contribution in [0.15, 0.2) is 50.3 Å². The lowest BCUT2D eigenvalue weighted by Gasteiger charge is -2.11. The molecule has 0 aliphatic rings. The zero-order chi connectivity index (χ0) is 19.4. The molecule has 0 aliphatic carbocycles. The zero-order valence-electron chi connectivity index (χ0n) is 14.5. The van der Waals surface area contributed by atoms with E-state index in [4.69, 9.17) is 9.47 Å². The molecule has 3 rings (SSSR count).